The quantitative estimate of drug-likeness (QED) is 0.771. The van der Waals surface area contributed by atoms with Crippen molar-refractivity contribution >= 4 is 5.91 Å². The van der Waals surface area contributed by atoms with E-state index in [0.717, 1.165) is 29.8 Å². The highest BCUT2D eigenvalue weighted by Crippen LogP contribution is 2.30. The lowest BCUT2D eigenvalue weighted by molar-refractivity contribution is 0.0732. The lowest BCUT2D eigenvalue weighted by atomic mass is 10.00. The summed E-state index contributed by atoms with van der Waals surface area (Å²) in [5.41, 5.74) is 4.14. The molecule has 138 valence electrons. The topological polar surface area (TPSA) is 74.8 Å². The van der Waals surface area contributed by atoms with Crippen LogP contribution >= 0.6 is 0 Å². The molecule has 1 N–H and O–H groups in total. The van der Waals surface area contributed by atoms with Crippen LogP contribution < -0.4 is 0 Å². The van der Waals surface area contributed by atoms with E-state index in [4.69, 9.17) is 0 Å². The Bertz CT molecular complexity index is 984. The van der Waals surface area contributed by atoms with Gasteiger partial charge in [-0.15, -0.1) is 0 Å². The Balaban J connectivity index is 1.65. The van der Waals surface area contributed by atoms with E-state index in [9.17, 15) is 9.18 Å². The lowest BCUT2D eigenvalue weighted by Gasteiger charge is -2.27. The monoisotopic (exact) mass is 365 g/mol. The molecule has 0 bridgehead atoms. The fourth-order valence-electron chi connectivity index (χ4n) is 3.48. The minimum absolute atomic E-state index is 0.0922. The third kappa shape index (κ3) is 3.20. The Kier molecular flexibility index (Phi) is 4.66. The van der Waals surface area contributed by atoms with Gasteiger partial charge in [0.1, 0.15) is 17.8 Å². The maximum Gasteiger partial charge on any atom is 0.257 e. The molecule has 0 saturated heterocycles. The van der Waals surface area contributed by atoms with Crippen molar-refractivity contribution < 1.29 is 9.18 Å². The maximum absolute atomic E-state index is 14.2. The van der Waals surface area contributed by atoms with Crippen molar-refractivity contribution in [3.63, 3.8) is 0 Å². The summed E-state index contributed by atoms with van der Waals surface area (Å²) in [6.45, 7) is 3.01. The van der Waals surface area contributed by atoms with E-state index in [1.165, 1.54) is 12.4 Å². The number of aromatic nitrogens is 4. The molecule has 3 aromatic rings. The number of H-pyrrole nitrogens is 1. The molecule has 0 fully saturated rings. The van der Waals surface area contributed by atoms with E-state index >= 15 is 0 Å². The van der Waals surface area contributed by atoms with Crippen LogP contribution in [-0.2, 0) is 19.4 Å². The second-order valence-corrected chi connectivity index (χ2v) is 6.62. The predicted octanol–water partition coefficient (Wildman–Crippen LogP) is 3.16. The van der Waals surface area contributed by atoms with E-state index in [2.05, 4.69) is 27.1 Å². The van der Waals surface area contributed by atoms with E-state index in [0.29, 0.717) is 36.3 Å². The molecule has 0 unspecified atom stereocenters. The van der Waals surface area contributed by atoms with Crippen molar-refractivity contribution in [2.45, 2.75) is 32.7 Å². The average Bonchev–Trinajstić information content (AvgIpc) is 3.11. The lowest BCUT2D eigenvalue weighted by Crippen LogP contribution is -2.36. The third-order valence-corrected chi connectivity index (χ3v) is 4.86. The first-order valence-corrected chi connectivity index (χ1v) is 9.08. The highest BCUT2D eigenvalue weighted by atomic mass is 19.1. The van der Waals surface area contributed by atoms with Crippen molar-refractivity contribution in [3.05, 3.63) is 65.1 Å². The highest BCUT2D eigenvalue weighted by Gasteiger charge is 2.28. The second-order valence-electron chi connectivity index (χ2n) is 6.62. The van der Waals surface area contributed by atoms with Crippen molar-refractivity contribution in [2.75, 3.05) is 6.54 Å². The summed E-state index contributed by atoms with van der Waals surface area (Å²) in [4.78, 5) is 23.1. The average molecular weight is 365 g/mol. The number of halogens is 1. The molecule has 1 amide bonds. The van der Waals surface area contributed by atoms with E-state index in [1.807, 2.05) is 0 Å². The number of benzene rings is 1. The number of carbonyl (C=O) groups is 1. The van der Waals surface area contributed by atoms with Gasteiger partial charge in [0.2, 0.25) is 0 Å². The van der Waals surface area contributed by atoms with Crippen LogP contribution in [0.25, 0.3) is 11.3 Å². The summed E-state index contributed by atoms with van der Waals surface area (Å²) in [7, 11) is 0. The second kappa shape index (κ2) is 7.26. The number of amides is 1. The van der Waals surface area contributed by atoms with Crippen molar-refractivity contribution in [3.8, 4) is 11.3 Å². The van der Waals surface area contributed by atoms with Crippen molar-refractivity contribution in [2.24, 2.45) is 0 Å². The summed E-state index contributed by atoms with van der Waals surface area (Å²) in [6, 6.07) is 6.55. The van der Waals surface area contributed by atoms with E-state index < -0.39 is 0 Å². The van der Waals surface area contributed by atoms with Gasteiger partial charge in [0.15, 0.2) is 0 Å². The molecule has 0 saturated carbocycles. The normalized spacial score (nSPS) is 13.5. The molecule has 0 aliphatic carbocycles. The first-order chi connectivity index (χ1) is 13.2. The Morgan fingerprint density at radius 3 is 3.00 bits per heavy atom. The zero-order chi connectivity index (χ0) is 18.8. The fraction of sp³-hybridized carbons (Fsp3) is 0.300. The van der Waals surface area contributed by atoms with Gasteiger partial charge in [-0.1, -0.05) is 25.5 Å². The van der Waals surface area contributed by atoms with Gasteiger partial charge in [-0.3, -0.25) is 9.89 Å². The first kappa shape index (κ1) is 17.3. The summed E-state index contributed by atoms with van der Waals surface area (Å²) in [6.07, 6.45) is 5.35. The van der Waals surface area contributed by atoms with Crippen molar-refractivity contribution in [1.82, 2.24) is 25.1 Å². The maximum atomic E-state index is 14.2. The number of carbonyl (C=O) groups excluding carboxylic acids is 1. The van der Waals surface area contributed by atoms with Crippen LogP contribution in [0.4, 0.5) is 4.39 Å². The van der Waals surface area contributed by atoms with Crippen LogP contribution in [-0.4, -0.2) is 37.5 Å². The number of nitrogens with one attached hydrogen (secondary N) is 1. The van der Waals surface area contributed by atoms with Crippen LogP contribution in [0.3, 0.4) is 0 Å². The molecule has 3 heterocycles. The largest absolute Gasteiger partial charge is 0.334 e. The Morgan fingerprint density at radius 1 is 1.33 bits per heavy atom. The molecule has 0 atom stereocenters. The van der Waals surface area contributed by atoms with Gasteiger partial charge in [-0.25, -0.2) is 14.4 Å². The van der Waals surface area contributed by atoms with Gasteiger partial charge in [0.25, 0.3) is 5.91 Å². The van der Waals surface area contributed by atoms with Gasteiger partial charge in [0, 0.05) is 42.5 Å². The number of aryl methyl sites for hydroxylation is 1. The van der Waals surface area contributed by atoms with Gasteiger partial charge in [-0.05, 0) is 18.6 Å². The zero-order valence-corrected chi connectivity index (χ0v) is 15.1. The van der Waals surface area contributed by atoms with Gasteiger partial charge < -0.3 is 4.90 Å². The molecule has 7 heteroatoms. The number of rotatable bonds is 4. The standard InChI is InChI=1S/C20H20FN5O/c1-2-5-17-14(10-22-12-23-17)20(27)26-9-8-18-15(11-26)19(25-24-18)13-6-3-4-7-16(13)21/h3-4,6-7,10,12H,2,5,8-9,11H2,1H3,(H,24,25). The summed E-state index contributed by atoms with van der Waals surface area (Å²) in [5, 5.41) is 7.32. The van der Waals surface area contributed by atoms with Crippen LogP contribution in [0.1, 0.15) is 40.7 Å². The van der Waals surface area contributed by atoms with Gasteiger partial charge in [0.05, 0.1) is 11.3 Å². The smallest absolute Gasteiger partial charge is 0.257 e. The number of hydrogen-bond donors (Lipinski definition) is 1. The molecule has 2 aromatic heterocycles. The highest BCUT2D eigenvalue weighted by molar-refractivity contribution is 5.95. The molecule has 1 aliphatic heterocycles. The van der Waals surface area contributed by atoms with Crippen LogP contribution in [0.15, 0.2) is 36.8 Å². The molecule has 6 nitrogen and oxygen atoms in total. The number of aromatic amines is 1. The molecule has 0 radical (unpaired) electrons. The van der Waals surface area contributed by atoms with Crippen LogP contribution in [0.5, 0.6) is 0 Å². The zero-order valence-electron chi connectivity index (χ0n) is 15.1. The Morgan fingerprint density at radius 2 is 2.19 bits per heavy atom. The Hall–Kier alpha value is -3.09. The molecule has 1 aliphatic rings. The minimum Gasteiger partial charge on any atom is -0.334 e. The number of hydrogen-bond acceptors (Lipinski definition) is 4. The molecule has 4 rings (SSSR count). The van der Waals surface area contributed by atoms with E-state index in [1.54, 1.807) is 29.3 Å². The SMILES string of the molecule is CCCc1ncncc1C(=O)N1CCc2[nH]nc(-c3ccccc3F)c2C1. The molecule has 1 aromatic carbocycles. The number of nitrogens with zero attached hydrogens (tertiary/aromatic N) is 4. The predicted molar refractivity (Wildman–Crippen MR) is 98.5 cm³/mol. The fourth-order valence-corrected chi connectivity index (χ4v) is 3.48. The van der Waals surface area contributed by atoms with Crippen LogP contribution in [0.2, 0.25) is 0 Å². The molecular formula is C20H20FN5O. The third-order valence-electron chi connectivity index (χ3n) is 4.86. The van der Waals surface area contributed by atoms with Gasteiger partial charge in [-0.2, -0.15) is 5.10 Å². The summed E-state index contributed by atoms with van der Waals surface area (Å²) < 4.78 is 14.2. The summed E-state index contributed by atoms with van der Waals surface area (Å²) >= 11 is 0. The molecular weight excluding hydrogens is 345 g/mol. The van der Waals surface area contributed by atoms with Gasteiger partial charge >= 0.3 is 0 Å². The van der Waals surface area contributed by atoms with E-state index in [-0.39, 0.29) is 11.7 Å². The van der Waals surface area contributed by atoms with Crippen LogP contribution in [0, 0.1) is 5.82 Å². The molecule has 0 spiro atoms. The summed E-state index contributed by atoms with van der Waals surface area (Å²) in [5.74, 6) is -0.415. The van der Waals surface area contributed by atoms with Crippen molar-refractivity contribution in [1.29, 1.82) is 0 Å². The molecule has 27 heavy (non-hydrogen) atoms. The number of fused-ring (bicyclic) bond motifs is 1. The Labute approximate surface area is 156 Å². The first-order valence-electron chi connectivity index (χ1n) is 9.08. The minimum atomic E-state index is -0.322.